The number of amides is 1. The van der Waals surface area contributed by atoms with Gasteiger partial charge in [0, 0.05) is 12.1 Å². The Morgan fingerprint density at radius 3 is 2.53 bits per heavy atom. The molecular formula is C14H13NO3S. The molecule has 98 valence electrons. The third-order valence-corrected chi connectivity index (χ3v) is 3.25. The van der Waals surface area contributed by atoms with Crippen LogP contribution in [0.5, 0.6) is 5.75 Å². The monoisotopic (exact) mass is 275 g/mol. The van der Waals surface area contributed by atoms with Crippen molar-refractivity contribution in [3.05, 3.63) is 46.7 Å². The number of thiophene rings is 1. The molecule has 0 saturated heterocycles. The van der Waals surface area contributed by atoms with Gasteiger partial charge in [0.15, 0.2) is 0 Å². The van der Waals surface area contributed by atoms with E-state index in [9.17, 15) is 9.59 Å². The largest absolute Gasteiger partial charge is 0.427 e. The summed E-state index contributed by atoms with van der Waals surface area (Å²) >= 11 is 1.38. The molecule has 2 rings (SSSR count). The van der Waals surface area contributed by atoms with Crippen LogP contribution in [0.1, 0.15) is 23.0 Å². The first-order chi connectivity index (χ1) is 9.19. The Kier molecular flexibility index (Phi) is 4.30. The predicted molar refractivity (Wildman–Crippen MR) is 74.6 cm³/mol. The molecule has 4 nitrogen and oxygen atoms in total. The van der Waals surface area contributed by atoms with Gasteiger partial charge in [0.2, 0.25) is 0 Å². The lowest BCUT2D eigenvalue weighted by Gasteiger charge is -2.05. The molecule has 0 bridgehead atoms. The van der Waals surface area contributed by atoms with Crippen LogP contribution in [-0.4, -0.2) is 11.9 Å². The minimum atomic E-state index is -0.282. The molecular weight excluding hydrogens is 262 g/mol. The highest BCUT2D eigenvalue weighted by molar-refractivity contribution is 7.12. The van der Waals surface area contributed by atoms with Crippen molar-refractivity contribution in [2.45, 2.75) is 13.3 Å². The lowest BCUT2D eigenvalue weighted by atomic mass is 10.3. The molecule has 1 aromatic carbocycles. The summed E-state index contributed by atoms with van der Waals surface area (Å²) in [7, 11) is 0. The number of nitrogens with one attached hydrogen (secondary N) is 1. The van der Waals surface area contributed by atoms with Gasteiger partial charge in [-0.3, -0.25) is 9.59 Å². The summed E-state index contributed by atoms with van der Waals surface area (Å²) in [5, 5.41) is 4.62. The van der Waals surface area contributed by atoms with Crippen LogP contribution >= 0.6 is 11.3 Å². The lowest BCUT2D eigenvalue weighted by Crippen LogP contribution is -2.10. The van der Waals surface area contributed by atoms with Crippen LogP contribution in [0, 0.1) is 0 Å². The summed E-state index contributed by atoms with van der Waals surface area (Å²) in [6.07, 6.45) is 0.330. The second-order valence-corrected chi connectivity index (χ2v) is 4.73. The summed E-state index contributed by atoms with van der Waals surface area (Å²) < 4.78 is 5.05. The molecule has 0 unspecified atom stereocenters. The van der Waals surface area contributed by atoms with Gasteiger partial charge in [-0.05, 0) is 35.7 Å². The van der Waals surface area contributed by atoms with E-state index < -0.39 is 0 Å². The third-order valence-electron chi connectivity index (χ3n) is 2.38. The van der Waals surface area contributed by atoms with Crippen LogP contribution in [0.4, 0.5) is 5.69 Å². The summed E-state index contributed by atoms with van der Waals surface area (Å²) in [6, 6.07) is 10.3. The molecule has 1 N–H and O–H groups in total. The maximum atomic E-state index is 11.8. The Hall–Kier alpha value is -2.14. The number of rotatable bonds is 4. The average molecular weight is 275 g/mol. The molecule has 1 heterocycles. The molecule has 0 aliphatic carbocycles. The predicted octanol–water partition coefficient (Wildman–Crippen LogP) is 3.32. The molecule has 0 atom stereocenters. The molecule has 0 aliphatic heterocycles. The van der Waals surface area contributed by atoms with Crippen molar-refractivity contribution in [1.29, 1.82) is 0 Å². The summed E-state index contributed by atoms with van der Waals surface area (Å²) in [5.41, 5.74) is 0.662. The fraction of sp³-hybridized carbons (Fsp3) is 0.143. The van der Waals surface area contributed by atoms with E-state index in [-0.39, 0.29) is 11.9 Å². The lowest BCUT2D eigenvalue weighted by molar-refractivity contribution is -0.134. The van der Waals surface area contributed by atoms with Crippen molar-refractivity contribution in [1.82, 2.24) is 0 Å². The molecule has 19 heavy (non-hydrogen) atoms. The minimum Gasteiger partial charge on any atom is -0.427 e. The van der Waals surface area contributed by atoms with Crippen LogP contribution < -0.4 is 10.1 Å². The molecule has 2 aromatic rings. The van der Waals surface area contributed by atoms with Gasteiger partial charge in [-0.25, -0.2) is 0 Å². The zero-order chi connectivity index (χ0) is 13.7. The first kappa shape index (κ1) is 13.3. The van der Waals surface area contributed by atoms with E-state index in [0.29, 0.717) is 22.7 Å². The second-order valence-electron chi connectivity index (χ2n) is 3.78. The number of carbonyl (C=O) groups is 2. The topological polar surface area (TPSA) is 55.4 Å². The molecule has 1 amide bonds. The summed E-state index contributed by atoms with van der Waals surface area (Å²) in [4.78, 5) is 23.6. The first-order valence-electron chi connectivity index (χ1n) is 5.84. The molecule has 0 fully saturated rings. The van der Waals surface area contributed by atoms with Gasteiger partial charge in [-0.2, -0.15) is 0 Å². The van der Waals surface area contributed by atoms with Crippen LogP contribution in [-0.2, 0) is 4.79 Å². The van der Waals surface area contributed by atoms with E-state index in [2.05, 4.69) is 5.32 Å². The Bertz CT molecular complexity index is 561. The van der Waals surface area contributed by atoms with Gasteiger partial charge in [-0.1, -0.05) is 13.0 Å². The Morgan fingerprint density at radius 1 is 1.21 bits per heavy atom. The van der Waals surface area contributed by atoms with Gasteiger partial charge in [-0.15, -0.1) is 11.3 Å². The van der Waals surface area contributed by atoms with Crippen molar-refractivity contribution in [3.8, 4) is 5.75 Å². The first-order valence-corrected chi connectivity index (χ1v) is 6.72. The van der Waals surface area contributed by atoms with Crippen molar-refractivity contribution in [2.75, 3.05) is 5.32 Å². The fourth-order valence-electron chi connectivity index (χ4n) is 1.41. The van der Waals surface area contributed by atoms with Gasteiger partial charge in [0.25, 0.3) is 5.91 Å². The van der Waals surface area contributed by atoms with Gasteiger partial charge >= 0.3 is 5.97 Å². The Labute approximate surface area is 115 Å². The van der Waals surface area contributed by atoms with Crippen LogP contribution in [0.25, 0.3) is 0 Å². The Morgan fingerprint density at radius 2 is 1.95 bits per heavy atom. The third kappa shape index (κ3) is 3.66. The smallest absolute Gasteiger partial charge is 0.310 e. The highest BCUT2D eigenvalue weighted by atomic mass is 32.1. The van der Waals surface area contributed by atoms with Crippen molar-refractivity contribution < 1.29 is 14.3 Å². The highest BCUT2D eigenvalue weighted by Crippen LogP contribution is 2.18. The van der Waals surface area contributed by atoms with Crippen molar-refractivity contribution >= 4 is 28.9 Å². The van der Waals surface area contributed by atoms with Gasteiger partial charge < -0.3 is 10.1 Å². The Balaban J connectivity index is 1.99. The highest BCUT2D eigenvalue weighted by Gasteiger charge is 2.07. The summed E-state index contributed by atoms with van der Waals surface area (Å²) in [5.74, 6) is 0.0460. The van der Waals surface area contributed by atoms with Crippen LogP contribution in [0.3, 0.4) is 0 Å². The zero-order valence-electron chi connectivity index (χ0n) is 10.4. The van der Waals surface area contributed by atoms with Crippen LogP contribution in [0.2, 0.25) is 0 Å². The van der Waals surface area contributed by atoms with E-state index in [1.54, 1.807) is 37.3 Å². The van der Waals surface area contributed by atoms with Gasteiger partial charge in [0.05, 0.1) is 4.88 Å². The number of anilines is 1. The summed E-state index contributed by atoms with van der Waals surface area (Å²) in [6.45, 7) is 1.73. The molecule has 0 aliphatic rings. The number of carbonyl (C=O) groups excluding carboxylic acids is 2. The quantitative estimate of drug-likeness (QED) is 0.688. The zero-order valence-corrected chi connectivity index (χ0v) is 11.2. The van der Waals surface area contributed by atoms with E-state index in [1.165, 1.54) is 11.3 Å². The van der Waals surface area contributed by atoms with Crippen molar-refractivity contribution in [3.63, 3.8) is 0 Å². The fourth-order valence-corrected chi connectivity index (χ4v) is 2.03. The number of hydrogen-bond donors (Lipinski definition) is 1. The number of hydrogen-bond acceptors (Lipinski definition) is 4. The van der Waals surface area contributed by atoms with E-state index in [4.69, 9.17) is 4.74 Å². The van der Waals surface area contributed by atoms with E-state index in [0.717, 1.165) is 0 Å². The normalized spacial score (nSPS) is 9.95. The number of ether oxygens (including phenoxy) is 1. The van der Waals surface area contributed by atoms with E-state index >= 15 is 0 Å². The molecule has 5 heteroatoms. The van der Waals surface area contributed by atoms with Crippen LogP contribution in [0.15, 0.2) is 41.8 Å². The molecule has 0 spiro atoms. The molecule has 0 radical (unpaired) electrons. The standard InChI is InChI=1S/C14H13NO3S/c1-2-13(16)18-11-7-5-10(6-8-11)15-14(17)12-4-3-9-19-12/h3-9H,2H2,1H3,(H,15,17). The SMILES string of the molecule is CCC(=O)Oc1ccc(NC(=O)c2cccs2)cc1. The molecule has 0 saturated carbocycles. The minimum absolute atomic E-state index is 0.145. The maximum Gasteiger partial charge on any atom is 0.310 e. The number of esters is 1. The van der Waals surface area contributed by atoms with E-state index in [1.807, 2.05) is 11.4 Å². The maximum absolute atomic E-state index is 11.8. The second kappa shape index (κ2) is 6.15. The van der Waals surface area contributed by atoms with Crippen molar-refractivity contribution in [2.24, 2.45) is 0 Å². The average Bonchev–Trinajstić information content (AvgIpc) is 2.95. The van der Waals surface area contributed by atoms with Gasteiger partial charge in [0.1, 0.15) is 5.75 Å². The molecule has 1 aromatic heterocycles. The number of benzene rings is 1.